The maximum absolute atomic E-state index is 6.23. The molecule has 1 aliphatic heterocycles. The quantitative estimate of drug-likeness (QED) is 0.447. The van der Waals surface area contributed by atoms with Gasteiger partial charge in [0.1, 0.15) is 0 Å². The number of aliphatic imine (C=N–C) groups is 1. The van der Waals surface area contributed by atoms with E-state index in [9.17, 15) is 0 Å². The summed E-state index contributed by atoms with van der Waals surface area (Å²) in [5.74, 6) is 0.874. The molecule has 0 bridgehead atoms. The maximum atomic E-state index is 6.23. The normalized spacial score (nSPS) is 17.5. The van der Waals surface area contributed by atoms with Crippen LogP contribution in [0.3, 0.4) is 0 Å². The Morgan fingerprint density at radius 1 is 1.25 bits per heavy atom. The monoisotopic (exact) mass is 351 g/mol. The third kappa shape index (κ3) is 5.38. The van der Waals surface area contributed by atoms with Crippen LogP contribution in [0.5, 0.6) is 0 Å². The average Bonchev–Trinajstić information content (AvgIpc) is 2.62. The number of hydrogen-bond acceptors (Lipinski definition) is 2. The lowest BCUT2D eigenvalue weighted by Crippen LogP contribution is -2.48. The summed E-state index contributed by atoms with van der Waals surface area (Å²) >= 11 is 6.23. The van der Waals surface area contributed by atoms with E-state index in [4.69, 9.17) is 16.3 Å². The van der Waals surface area contributed by atoms with Crippen molar-refractivity contribution in [1.82, 2.24) is 10.6 Å². The summed E-state index contributed by atoms with van der Waals surface area (Å²) in [6.45, 7) is 5.59. The van der Waals surface area contributed by atoms with E-state index in [1.807, 2.05) is 19.2 Å². The average molecular weight is 352 g/mol. The highest BCUT2D eigenvalue weighted by molar-refractivity contribution is 6.30. The second kappa shape index (κ2) is 9.90. The zero-order valence-corrected chi connectivity index (χ0v) is 15.7. The third-order valence-corrected chi connectivity index (χ3v) is 5.01. The summed E-state index contributed by atoms with van der Waals surface area (Å²) in [5.41, 5.74) is 1.33. The van der Waals surface area contributed by atoms with Crippen LogP contribution in [0.4, 0.5) is 0 Å². The molecule has 1 aromatic rings. The van der Waals surface area contributed by atoms with Crippen molar-refractivity contribution in [3.05, 3.63) is 34.9 Å². The second-order valence-electron chi connectivity index (χ2n) is 6.46. The van der Waals surface area contributed by atoms with Crippen LogP contribution in [0.1, 0.15) is 44.6 Å². The van der Waals surface area contributed by atoms with Crippen molar-refractivity contribution >= 4 is 17.6 Å². The largest absolute Gasteiger partial charge is 0.381 e. The molecule has 0 spiro atoms. The number of halogens is 1. The first-order valence-electron chi connectivity index (χ1n) is 8.98. The van der Waals surface area contributed by atoms with Crippen molar-refractivity contribution in [3.8, 4) is 0 Å². The zero-order valence-electron chi connectivity index (χ0n) is 14.9. The van der Waals surface area contributed by atoms with Gasteiger partial charge in [-0.15, -0.1) is 0 Å². The van der Waals surface area contributed by atoms with Gasteiger partial charge in [0.05, 0.1) is 0 Å². The highest BCUT2D eigenvalue weighted by Crippen LogP contribution is 2.35. The lowest BCUT2D eigenvalue weighted by Gasteiger charge is -2.38. The molecule has 2 N–H and O–H groups in total. The summed E-state index contributed by atoms with van der Waals surface area (Å²) in [6, 6.07) is 8.23. The number of guanidine groups is 1. The molecule has 134 valence electrons. The molecule has 24 heavy (non-hydrogen) atoms. The first-order valence-corrected chi connectivity index (χ1v) is 9.36. The summed E-state index contributed by atoms with van der Waals surface area (Å²) in [6.07, 6.45) is 5.63. The van der Waals surface area contributed by atoms with Gasteiger partial charge in [-0.05, 0) is 37.0 Å². The number of nitrogens with one attached hydrogen (secondary N) is 2. The molecule has 1 aliphatic rings. The van der Waals surface area contributed by atoms with Crippen LogP contribution in [0.2, 0.25) is 5.02 Å². The lowest BCUT2D eigenvalue weighted by atomic mass is 9.74. The minimum atomic E-state index is 0.0458. The second-order valence-corrected chi connectivity index (χ2v) is 6.90. The molecule has 0 amide bonds. The van der Waals surface area contributed by atoms with E-state index >= 15 is 0 Å². The van der Waals surface area contributed by atoms with Crippen molar-refractivity contribution in [3.63, 3.8) is 0 Å². The molecule has 1 saturated heterocycles. The predicted molar refractivity (Wildman–Crippen MR) is 102 cm³/mol. The van der Waals surface area contributed by atoms with Gasteiger partial charge in [-0.3, -0.25) is 4.99 Å². The van der Waals surface area contributed by atoms with Crippen LogP contribution in [0.25, 0.3) is 0 Å². The molecule has 4 nitrogen and oxygen atoms in total. The van der Waals surface area contributed by atoms with Gasteiger partial charge in [-0.2, -0.15) is 0 Å². The van der Waals surface area contributed by atoms with E-state index in [1.54, 1.807) is 0 Å². The molecule has 0 radical (unpaired) electrons. The topological polar surface area (TPSA) is 45.7 Å². The van der Waals surface area contributed by atoms with Crippen molar-refractivity contribution in [1.29, 1.82) is 0 Å². The lowest BCUT2D eigenvalue weighted by molar-refractivity contribution is 0.0514. The summed E-state index contributed by atoms with van der Waals surface area (Å²) in [7, 11) is 1.82. The van der Waals surface area contributed by atoms with Crippen LogP contribution in [0, 0.1) is 0 Å². The summed E-state index contributed by atoms with van der Waals surface area (Å²) in [4.78, 5) is 4.35. The van der Waals surface area contributed by atoms with Gasteiger partial charge in [0.25, 0.3) is 0 Å². The Hall–Kier alpha value is -1.26. The van der Waals surface area contributed by atoms with Crippen molar-refractivity contribution in [2.75, 3.05) is 33.4 Å². The molecule has 5 heteroatoms. The summed E-state index contributed by atoms with van der Waals surface area (Å²) in [5, 5.41) is 7.71. The molecule has 1 heterocycles. The molecule has 0 aromatic heterocycles. The number of ether oxygens (including phenoxy) is 1. The molecule has 1 aromatic carbocycles. The molecule has 0 unspecified atom stereocenters. The zero-order chi connectivity index (χ0) is 17.3. The number of nitrogens with zero attached hydrogens (tertiary/aromatic N) is 1. The van der Waals surface area contributed by atoms with Gasteiger partial charge < -0.3 is 15.4 Å². The van der Waals surface area contributed by atoms with Crippen LogP contribution in [-0.2, 0) is 10.2 Å². The highest BCUT2D eigenvalue weighted by atomic mass is 35.5. The fourth-order valence-corrected chi connectivity index (χ4v) is 3.39. The SMILES string of the molecule is CCCCCNC(=NC)NCC1(c2cccc(Cl)c2)CCOCC1. The fourth-order valence-electron chi connectivity index (χ4n) is 3.20. The van der Waals surface area contributed by atoms with E-state index in [-0.39, 0.29) is 5.41 Å². The van der Waals surface area contributed by atoms with Gasteiger partial charge in [0.2, 0.25) is 0 Å². The van der Waals surface area contributed by atoms with Crippen LogP contribution in [-0.4, -0.2) is 39.3 Å². The highest BCUT2D eigenvalue weighted by Gasteiger charge is 2.34. The number of benzene rings is 1. The Morgan fingerprint density at radius 3 is 2.71 bits per heavy atom. The Balaban J connectivity index is 2.01. The smallest absolute Gasteiger partial charge is 0.191 e. The number of rotatable bonds is 7. The Morgan fingerprint density at radius 2 is 2.04 bits per heavy atom. The number of hydrogen-bond donors (Lipinski definition) is 2. The van der Waals surface area contributed by atoms with E-state index in [0.29, 0.717) is 0 Å². The molecule has 0 saturated carbocycles. The molecule has 0 aliphatic carbocycles. The van der Waals surface area contributed by atoms with E-state index < -0.39 is 0 Å². The Labute approximate surface area is 151 Å². The standard InChI is InChI=1S/C19H30ClN3O/c1-3-4-5-11-22-18(21-2)23-15-19(9-12-24-13-10-19)16-7-6-8-17(20)14-16/h6-8,14H,3-5,9-13,15H2,1-2H3,(H2,21,22,23). The van der Waals surface area contributed by atoms with Gasteiger partial charge in [-0.25, -0.2) is 0 Å². The van der Waals surface area contributed by atoms with E-state index in [0.717, 1.165) is 50.1 Å². The van der Waals surface area contributed by atoms with Gasteiger partial charge in [-0.1, -0.05) is 43.5 Å². The Kier molecular flexibility index (Phi) is 7.86. The molecule has 2 rings (SSSR count). The van der Waals surface area contributed by atoms with Gasteiger partial charge >= 0.3 is 0 Å². The van der Waals surface area contributed by atoms with Crippen molar-refractivity contribution in [2.24, 2.45) is 4.99 Å². The minimum absolute atomic E-state index is 0.0458. The fraction of sp³-hybridized carbons (Fsp3) is 0.632. The van der Waals surface area contributed by atoms with Crippen LogP contribution >= 0.6 is 11.6 Å². The number of unbranched alkanes of at least 4 members (excludes halogenated alkanes) is 2. The molecule has 1 fully saturated rings. The maximum Gasteiger partial charge on any atom is 0.191 e. The molecular formula is C19H30ClN3O. The summed E-state index contributed by atoms with van der Waals surface area (Å²) < 4.78 is 5.59. The Bertz CT molecular complexity index is 527. The van der Waals surface area contributed by atoms with Crippen molar-refractivity contribution < 1.29 is 4.74 Å². The first-order chi connectivity index (χ1) is 11.7. The predicted octanol–water partition coefficient (Wildman–Crippen LogP) is 3.74. The van der Waals surface area contributed by atoms with Gasteiger partial charge in [0, 0.05) is 43.8 Å². The van der Waals surface area contributed by atoms with Crippen LogP contribution < -0.4 is 10.6 Å². The van der Waals surface area contributed by atoms with E-state index in [2.05, 4.69) is 34.7 Å². The molecule has 0 atom stereocenters. The first kappa shape index (κ1) is 19.1. The molecular weight excluding hydrogens is 322 g/mol. The van der Waals surface area contributed by atoms with Crippen molar-refractivity contribution in [2.45, 2.75) is 44.4 Å². The third-order valence-electron chi connectivity index (χ3n) is 4.78. The van der Waals surface area contributed by atoms with Crippen LogP contribution in [0.15, 0.2) is 29.3 Å². The van der Waals surface area contributed by atoms with E-state index in [1.165, 1.54) is 24.8 Å². The minimum Gasteiger partial charge on any atom is -0.381 e. The van der Waals surface area contributed by atoms with Gasteiger partial charge in [0.15, 0.2) is 5.96 Å².